The molecule has 0 radical (unpaired) electrons. The predicted octanol–water partition coefficient (Wildman–Crippen LogP) is 3.39. The van der Waals surface area contributed by atoms with Gasteiger partial charge in [-0.2, -0.15) is 0 Å². The van der Waals surface area contributed by atoms with E-state index in [9.17, 15) is 4.79 Å². The van der Waals surface area contributed by atoms with E-state index in [0.717, 1.165) is 47.7 Å². The van der Waals surface area contributed by atoms with Crippen LogP contribution in [0.4, 0.5) is 5.69 Å². The third-order valence-corrected chi connectivity index (χ3v) is 4.86. The summed E-state index contributed by atoms with van der Waals surface area (Å²) >= 11 is 0. The van der Waals surface area contributed by atoms with Crippen LogP contribution >= 0.6 is 0 Å². The van der Waals surface area contributed by atoms with Gasteiger partial charge in [0.2, 0.25) is 5.91 Å². The number of methoxy groups -OCH3 is 1. The normalized spacial score (nSPS) is 16.5. The highest BCUT2D eigenvalue weighted by Crippen LogP contribution is 2.28. The number of aromatic nitrogens is 2. The zero-order valence-electron chi connectivity index (χ0n) is 14.5. The number of rotatable bonds is 3. The summed E-state index contributed by atoms with van der Waals surface area (Å²) < 4.78 is 7.27. The third kappa shape index (κ3) is 2.97. The van der Waals surface area contributed by atoms with Gasteiger partial charge in [-0.25, -0.2) is 4.98 Å². The van der Waals surface area contributed by atoms with E-state index in [-0.39, 0.29) is 11.8 Å². The molecule has 1 unspecified atom stereocenters. The van der Waals surface area contributed by atoms with Crippen LogP contribution in [0.2, 0.25) is 0 Å². The van der Waals surface area contributed by atoms with E-state index in [1.807, 2.05) is 24.3 Å². The minimum Gasteiger partial charge on any atom is -0.497 e. The summed E-state index contributed by atoms with van der Waals surface area (Å²) in [6.07, 6.45) is 4.45. The summed E-state index contributed by atoms with van der Waals surface area (Å²) in [6, 6.07) is 11.6. The van der Waals surface area contributed by atoms with Crippen LogP contribution < -0.4 is 10.1 Å². The summed E-state index contributed by atoms with van der Waals surface area (Å²) in [7, 11) is 1.63. The Kier molecular flexibility index (Phi) is 3.92. The Bertz CT molecular complexity index is 928. The molecular weight excluding hydrogens is 314 g/mol. The number of benzene rings is 1. The minimum atomic E-state index is -0.0317. The molecule has 5 heteroatoms. The molecule has 1 N–H and O–H groups in total. The van der Waals surface area contributed by atoms with Crippen LogP contribution in [0.25, 0.3) is 5.65 Å². The van der Waals surface area contributed by atoms with Crippen molar-refractivity contribution in [2.24, 2.45) is 5.92 Å². The number of nitrogens with zero attached hydrogens (tertiary/aromatic N) is 2. The van der Waals surface area contributed by atoms with Gasteiger partial charge in [0.15, 0.2) is 0 Å². The van der Waals surface area contributed by atoms with Crippen LogP contribution in [0.3, 0.4) is 0 Å². The molecule has 1 amide bonds. The summed E-state index contributed by atoms with van der Waals surface area (Å²) in [4.78, 5) is 17.4. The van der Waals surface area contributed by atoms with Gasteiger partial charge in [-0.3, -0.25) is 4.79 Å². The first-order valence-corrected chi connectivity index (χ1v) is 8.55. The van der Waals surface area contributed by atoms with Gasteiger partial charge in [0.05, 0.1) is 12.8 Å². The first-order valence-electron chi connectivity index (χ1n) is 8.55. The molecule has 25 heavy (non-hydrogen) atoms. The van der Waals surface area contributed by atoms with Gasteiger partial charge >= 0.3 is 0 Å². The van der Waals surface area contributed by atoms with Crippen LogP contribution in [0.1, 0.15) is 23.4 Å². The van der Waals surface area contributed by atoms with Gasteiger partial charge in [-0.1, -0.05) is 0 Å². The van der Waals surface area contributed by atoms with E-state index in [2.05, 4.69) is 35.0 Å². The fraction of sp³-hybridized carbons (Fsp3) is 0.300. The van der Waals surface area contributed by atoms with E-state index in [0.29, 0.717) is 0 Å². The molecule has 1 atom stereocenters. The number of aryl methyl sites for hydroxylation is 2. The van der Waals surface area contributed by atoms with Crippen LogP contribution in [0.15, 0.2) is 42.6 Å². The largest absolute Gasteiger partial charge is 0.497 e. The van der Waals surface area contributed by atoms with Gasteiger partial charge in [0, 0.05) is 29.9 Å². The van der Waals surface area contributed by atoms with Gasteiger partial charge in [0.1, 0.15) is 11.4 Å². The van der Waals surface area contributed by atoms with Crippen molar-refractivity contribution < 1.29 is 9.53 Å². The number of amides is 1. The lowest BCUT2D eigenvalue weighted by molar-refractivity contribution is -0.120. The lowest BCUT2D eigenvalue weighted by atomic mass is 9.89. The number of pyridine rings is 1. The van der Waals surface area contributed by atoms with Crippen LogP contribution in [-0.4, -0.2) is 22.4 Å². The Morgan fingerprint density at radius 3 is 2.84 bits per heavy atom. The molecule has 2 aromatic heterocycles. The van der Waals surface area contributed by atoms with Crippen molar-refractivity contribution in [1.82, 2.24) is 9.38 Å². The SMILES string of the molecule is COc1ccc(NC(=O)C2CCc3nc4cc(C)ccn4c3C2)cc1. The molecule has 4 rings (SSSR count). The maximum Gasteiger partial charge on any atom is 0.227 e. The Morgan fingerprint density at radius 2 is 2.08 bits per heavy atom. The highest BCUT2D eigenvalue weighted by molar-refractivity contribution is 5.92. The molecule has 0 spiro atoms. The number of imidazole rings is 1. The average Bonchev–Trinajstić information content (AvgIpc) is 2.98. The second-order valence-electron chi connectivity index (χ2n) is 6.59. The summed E-state index contributed by atoms with van der Waals surface area (Å²) in [5, 5.41) is 3.02. The van der Waals surface area contributed by atoms with E-state index in [1.165, 1.54) is 5.56 Å². The lowest BCUT2D eigenvalue weighted by Crippen LogP contribution is -2.28. The molecule has 3 aromatic rings. The highest BCUT2D eigenvalue weighted by Gasteiger charge is 2.28. The van der Waals surface area contributed by atoms with Gasteiger partial charge < -0.3 is 14.5 Å². The summed E-state index contributed by atoms with van der Waals surface area (Å²) in [6.45, 7) is 2.07. The first-order chi connectivity index (χ1) is 12.1. The summed E-state index contributed by atoms with van der Waals surface area (Å²) in [5.41, 5.74) is 5.26. The van der Waals surface area contributed by atoms with Crippen molar-refractivity contribution in [2.75, 3.05) is 12.4 Å². The molecule has 2 heterocycles. The zero-order valence-corrected chi connectivity index (χ0v) is 14.5. The quantitative estimate of drug-likeness (QED) is 0.798. The molecular formula is C20H21N3O2. The van der Waals surface area contributed by atoms with E-state index >= 15 is 0 Å². The van der Waals surface area contributed by atoms with Gasteiger partial charge in [0.25, 0.3) is 0 Å². The zero-order chi connectivity index (χ0) is 17.4. The number of carbonyl (C=O) groups is 1. The molecule has 5 nitrogen and oxygen atoms in total. The Balaban J connectivity index is 1.53. The maximum atomic E-state index is 12.7. The number of carbonyl (C=O) groups excluding carboxylic acids is 1. The standard InChI is InChI=1S/C20H21N3O2/c1-13-9-10-23-18-12-14(3-8-17(18)22-19(23)11-13)20(24)21-15-4-6-16(25-2)7-5-15/h4-7,9-11,14H,3,8,12H2,1-2H3,(H,21,24). The van der Waals surface area contributed by atoms with E-state index < -0.39 is 0 Å². The van der Waals surface area contributed by atoms with Crippen molar-refractivity contribution >= 4 is 17.2 Å². The second kappa shape index (κ2) is 6.24. The highest BCUT2D eigenvalue weighted by atomic mass is 16.5. The van der Waals surface area contributed by atoms with Crippen molar-refractivity contribution in [2.45, 2.75) is 26.2 Å². The molecule has 0 aliphatic heterocycles. The molecule has 128 valence electrons. The summed E-state index contributed by atoms with van der Waals surface area (Å²) in [5.74, 6) is 0.815. The fourth-order valence-corrected chi connectivity index (χ4v) is 3.45. The van der Waals surface area contributed by atoms with Crippen LogP contribution in [0.5, 0.6) is 5.75 Å². The number of anilines is 1. The lowest BCUT2D eigenvalue weighted by Gasteiger charge is -2.21. The van der Waals surface area contributed by atoms with Crippen molar-refractivity contribution in [1.29, 1.82) is 0 Å². The molecule has 0 saturated heterocycles. The Hall–Kier alpha value is -2.82. The monoisotopic (exact) mass is 335 g/mol. The smallest absolute Gasteiger partial charge is 0.227 e. The number of hydrogen-bond donors (Lipinski definition) is 1. The predicted molar refractivity (Wildman–Crippen MR) is 97.1 cm³/mol. The molecule has 1 aliphatic rings. The molecule has 0 saturated carbocycles. The van der Waals surface area contributed by atoms with Crippen molar-refractivity contribution in [3.63, 3.8) is 0 Å². The average molecular weight is 335 g/mol. The molecule has 1 aromatic carbocycles. The molecule has 0 fully saturated rings. The topological polar surface area (TPSA) is 55.6 Å². The van der Waals surface area contributed by atoms with E-state index in [1.54, 1.807) is 7.11 Å². The Morgan fingerprint density at radius 1 is 1.28 bits per heavy atom. The third-order valence-electron chi connectivity index (χ3n) is 4.86. The van der Waals surface area contributed by atoms with E-state index in [4.69, 9.17) is 9.72 Å². The number of ether oxygens (including phenoxy) is 1. The second-order valence-corrected chi connectivity index (χ2v) is 6.59. The van der Waals surface area contributed by atoms with Crippen LogP contribution in [-0.2, 0) is 17.6 Å². The fourth-order valence-electron chi connectivity index (χ4n) is 3.45. The van der Waals surface area contributed by atoms with Crippen molar-refractivity contribution in [3.05, 3.63) is 59.5 Å². The number of nitrogens with one attached hydrogen (secondary N) is 1. The minimum absolute atomic E-state index is 0.0317. The van der Waals surface area contributed by atoms with Gasteiger partial charge in [-0.05, 0) is 61.7 Å². The van der Waals surface area contributed by atoms with Crippen LogP contribution in [0, 0.1) is 12.8 Å². The number of fused-ring (bicyclic) bond motifs is 3. The molecule has 1 aliphatic carbocycles. The first kappa shape index (κ1) is 15.7. The molecule has 0 bridgehead atoms. The Labute approximate surface area is 146 Å². The van der Waals surface area contributed by atoms with Gasteiger partial charge in [-0.15, -0.1) is 0 Å². The van der Waals surface area contributed by atoms with Crippen molar-refractivity contribution in [3.8, 4) is 5.75 Å². The maximum absolute atomic E-state index is 12.7. The number of hydrogen-bond acceptors (Lipinski definition) is 3.